The van der Waals surface area contributed by atoms with E-state index >= 15 is 0 Å². The van der Waals surface area contributed by atoms with E-state index in [1.54, 1.807) is 0 Å². The summed E-state index contributed by atoms with van der Waals surface area (Å²) in [6.45, 7) is 6.88. The maximum absolute atomic E-state index is 13.7. The van der Waals surface area contributed by atoms with E-state index in [1.165, 1.54) is 24.1 Å². The van der Waals surface area contributed by atoms with Gasteiger partial charge in [-0.05, 0) is 49.4 Å². The SMILES string of the molecule is CC(C)[C@H]1CC[C@@H](C)c2c1nn(C(=O)[C@@H]1C[C@@H]3C=C[C@H]1C3)c2-c1ccccc1. The molecule has 0 amide bonds. The Bertz CT molecular complexity index is 924. The normalized spacial score (nSPS) is 30.8. The van der Waals surface area contributed by atoms with Crippen molar-refractivity contribution in [1.82, 2.24) is 9.78 Å². The first kappa shape index (κ1) is 17.9. The fourth-order valence-corrected chi connectivity index (χ4v) is 5.82. The Kier molecular flexibility index (Phi) is 4.30. The molecule has 3 aliphatic carbocycles. The maximum Gasteiger partial charge on any atom is 0.251 e. The lowest BCUT2D eigenvalue weighted by molar-refractivity contribution is 0.0798. The second-order valence-corrected chi connectivity index (χ2v) is 9.48. The molecule has 0 saturated heterocycles. The van der Waals surface area contributed by atoms with Crippen molar-refractivity contribution >= 4 is 5.91 Å². The van der Waals surface area contributed by atoms with Crippen molar-refractivity contribution < 1.29 is 4.79 Å². The Labute approximate surface area is 167 Å². The highest BCUT2D eigenvalue weighted by Gasteiger charge is 2.43. The van der Waals surface area contributed by atoms with E-state index in [2.05, 4.69) is 57.2 Å². The minimum absolute atomic E-state index is 0.0895. The van der Waals surface area contributed by atoms with E-state index in [0.29, 0.717) is 29.6 Å². The third kappa shape index (κ3) is 2.70. The average Bonchev–Trinajstić information content (AvgIpc) is 3.42. The summed E-state index contributed by atoms with van der Waals surface area (Å²) >= 11 is 0. The highest BCUT2D eigenvalue weighted by atomic mass is 16.2. The van der Waals surface area contributed by atoms with Crippen LogP contribution in [0, 0.1) is 23.7 Å². The van der Waals surface area contributed by atoms with Crippen molar-refractivity contribution in [2.75, 3.05) is 0 Å². The van der Waals surface area contributed by atoms with Crippen LogP contribution in [0.2, 0.25) is 0 Å². The highest BCUT2D eigenvalue weighted by molar-refractivity contribution is 5.87. The van der Waals surface area contributed by atoms with Gasteiger partial charge in [-0.2, -0.15) is 9.78 Å². The zero-order chi connectivity index (χ0) is 19.4. The molecule has 0 aliphatic heterocycles. The van der Waals surface area contributed by atoms with Crippen LogP contribution in [0.3, 0.4) is 0 Å². The zero-order valence-corrected chi connectivity index (χ0v) is 17.1. The smallest absolute Gasteiger partial charge is 0.251 e. The number of fused-ring (bicyclic) bond motifs is 3. The lowest BCUT2D eigenvalue weighted by Crippen LogP contribution is -2.27. The molecule has 0 radical (unpaired) electrons. The molecule has 3 heteroatoms. The summed E-state index contributed by atoms with van der Waals surface area (Å²) in [6, 6.07) is 10.4. The van der Waals surface area contributed by atoms with Crippen LogP contribution in [0.25, 0.3) is 11.3 Å². The van der Waals surface area contributed by atoms with Gasteiger partial charge in [-0.1, -0.05) is 63.3 Å². The van der Waals surface area contributed by atoms with E-state index in [1.807, 2.05) is 10.7 Å². The van der Waals surface area contributed by atoms with Gasteiger partial charge in [0.15, 0.2) is 0 Å². The molecule has 0 spiro atoms. The van der Waals surface area contributed by atoms with Crippen LogP contribution in [0.1, 0.15) is 74.3 Å². The standard InChI is InChI=1S/C25H30N2O/c1-15(2)20-12-9-16(3)22-23(20)26-27(24(22)18-7-5-4-6-8-18)25(28)21-14-17-10-11-19(21)13-17/h4-8,10-11,15-17,19-21H,9,12-14H2,1-3H3/t16-,17-,19+,20-,21-/m1/s1. The van der Waals surface area contributed by atoms with E-state index in [0.717, 1.165) is 24.1 Å². The predicted molar refractivity (Wildman–Crippen MR) is 112 cm³/mol. The first-order valence-corrected chi connectivity index (χ1v) is 10.9. The Morgan fingerprint density at radius 2 is 1.89 bits per heavy atom. The summed E-state index contributed by atoms with van der Waals surface area (Å²) in [5.74, 6) is 2.72. The fourth-order valence-electron chi connectivity index (χ4n) is 5.82. The molecule has 5 rings (SSSR count). The summed E-state index contributed by atoms with van der Waals surface area (Å²) in [5.41, 5.74) is 4.69. The summed E-state index contributed by atoms with van der Waals surface area (Å²) < 4.78 is 1.82. The van der Waals surface area contributed by atoms with Crippen molar-refractivity contribution in [2.24, 2.45) is 23.7 Å². The van der Waals surface area contributed by atoms with Crippen molar-refractivity contribution in [2.45, 2.75) is 58.3 Å². The van der Waals surface area contributed by atoms with Gasteiger partial charge < -0.3 is 0 Å². The Morgan fingerprint density at radius 3 is 2.54 bits per heavy atom. The van der Waals surface area contributed by atoms with Crippen LogP contribution in [-0.2, 0) is 0 Å². The van der Waals surface area contributed by atoms with Gasteiger partial charge in [0, 0.05) is 23.0 Å². The number of carbonyl (C=O) groups is 1. The Balaban J connectivity index is 1.67. The van der Waals surface area contributed by atoms with E-state index in [9.17, 15) is 4.79 Å². The van der Waals surface area contributed by atoms with E-state index in [-0.39, 0.29) is 11.8 Å². The Hall–Kier alpha value is -2.16. The molecule has 1 aromatic heterocycles. The van der Waals surface area contributed by atoms with E-state index in [4.69, 9.17) is 5.10 Å². The molecule has 3 nitrogen and oxygen atoms in total. The number of benzene rings is 1. The fraction of sp³-hybridized carbons (Fsp3) is 0.520. The van der Waals surface area contributed by atoms with Crippen molar-refractivity contribution in [3.05, 3.63) is 53.7 Å². The molecule has 5 atom stereocenters. The molecule has 2 bridgehead atoms. The molecule has 28 heavy (non-hydrogen) atoms. The van der Waals surface area contributed by atoms with Gasteiger partial charge in [-0.15, -0.1) is 0 Å². The van der Waals surface area contributed by atoms with Gasteiger partial charge in [0.1, 0.15) is 0 Å². The van der Waals surface area contributed by atoms with Crippen LogP contribution >= 0.6 is 0 Å². The number of nitrogens with zero attached hydrogens (tertiary/aromatic N) is 2. The van der Waals surface area contributed by atoms with Crippen LogP contribution in [-0.4, -0.2) is 15.7 Å². The topological polar surface area (TPSA) is 34.9 Å². The van der Waals surface area contributed by atoms with Gasteiger partial charge in [0.05, 0.1) is 11.4 Å². The van der Waals surface area contributed by atoms with Gasteiger partial charge in [0.2, 0.25) is 0 Å². The van der Waals surface area contributed by atoms with Gasteiger partial charge in [-0.3, -0.25) is 4.79 Å². The number of hydrogen-bond acceptors (Lipinski definition) is 2. The third-order valence-electron chi connectivity index (χ3n) is 7.36. The van der Waals surface area contributed by atoms with Crippen molar-refractivity contribution in [3.63, 3.8) is 0 Å². The number of allylic oxidation sites excluding steroid dienone is 2. The first-order valence-electron chi connectivity index (χ1n) is 10.9. The lowest BCUT2D eigenvalue weighted by atomic mass is 9.75. The molecular formula is C25H30N2O. The summed E-state index contributed by atoms with van der Waals surface area (Å²) in [7, 11) is 0. The second kappa shape index (κ2) is 6.72. The molecule has 1 aromatic carbocycles. The lowest BCUT2D eigenvalue weighted by Gasteiger charge is -2.28. The number of aromatic nitrogens is 2. The summed E-state index contributed by atoms with van der Waals surface area (Å²) in [6.07, 6.45) is 9.04. The minimum atomic E-state index is 0.0895. The summed E-state index contributed by atoms with van der Waals surface area (Å²) in [4.78, 5) is 13.7. The summed E-state index contributed by atoms with van der Waals surface area (Å²) in [5, 5.41) is 5.05. The zero-order valence-electron chi connectivity index (χ0n) is 17.1. The van der Waals surface area contributed by atoms with Crippen LogP contribution in [0.4, 0.5) is 0 Å². The van der Waals surface area contributed by atoms with Gasteiger partial charge >= 0.3 is 0 Å². The maximum atomic E-state index is 13.7. The van der Waals surface area contributed by atoms with Crippen molar-refractivity contribution in [3.8, 4) is 11.3 Å². The van der Waals surface area contributed by atoms with Gasteiger partial charge in [-0.25, -0.2) is 0 Å². The van der Waals surface area contributed by atoms with Crippen LogP contribution in [0.5, 0.6) is 0 Å². The molecule has 1 fully saturated rings. The molecule has 1 heterocycles. The van der Waals surface area contributed by atoms with Crippen molar-refractivity contribution in [1.29, 1.82) is 0 Å². The average molecular weight is 375 g/mol. The molecule has 0 unspecified atom stereocenters. The van der Waals surface area contributed by atoms with Crippen LogP contribution in [0.15, 0.2) is 42.5 Å². The van der Waals surface area contributed by atoms with Crippen LogP contribution < -0.4 is 0 Å². The third-order valence-corrected chi connectivity index (χ3v) is 7.36. The highest BCUT2D eigenvalue weighted by Crippen LogP contribution is 2.48. The first-order chi connectivity index (χ1) is 13.5. The molecule has 3 aliphatic rings. The molecule has 0 N–H and O–H groups in total. The Morgan fingerprint density at radius 1 is 1.11 bits per heavy atom. The largest absolute Gasteiger partial charge is 0.272 e. The minimum Gasteiger partial charge on any atom is -0.272 e. The van der Waals surface area contributed by atoms with Gasteiger partial charge in [0.25, 0.3) is 5.91 Å². The molecule has 2 aromatic rings. The predicted octanol–water partition coefficient (Wildman–Crippen LogP) is 6.04. The number of carbonyl (C=O) groups excluding carboxylic acids is 1. The quantitative estimate of drug-likeness (QED) is 0.614. The number of rotatable bonds is 3. The molecule has 1 saturated carbocycles. The second-order valence-electron chi connectivity index (χ2n) is 9.48. The monoisotopic (exact) mass is 374 g/mol. The van der Waals surface area contributed by atoms with E-state index < -0.39 is 0 Å². The molecule has 146 valence electrons. The number of hydrogen-bond donors (Lipinski definition) is 0. The molecular weight excluding hydrogens is 344 g/mol.